The summed E-state index contributed by atoms with van der Waals surface area (Å²) in [6.07, 6.45) is 2.60. The van der Waals surface area contributed by atoms with Crippen molar-refractivity contribution >= 4 is 29.3 Å². The Kier molecular flexibility index (Phi) is 5.85. The molecule has 0 fully saturated rings. The zero-order valence-corrected chi connectivity index (χ0v) is 11.9. The van der Waals surface area contributed by atoms with Gasteiger partial charge >= 0.3 is 0 Å². The Hall–Kier alpha value is -1.53. The van der Waals surface area contributed by atoms with Gasteiger partial charge in [-0.15, -0.1) is 0 Å². The molecular weight excluding hydrogens is 262 g/mol. The number of nitrogens with two attached hydrogens (primary N) is 2. The molecule has 2 amide bonds. The zero-order chi connectivity index (χ0) is 14.4. The van der Waals surface area contributed by atoms with Crippen LogP contribution in [-0.4, -0.2) is 29.9 Å². The van der Waals surface area contributed by atoms with Crippen molar-refractivity contribution in [3.63, 3.8) is 0 Å². The van der Waals surface area contributed by atoms with Crippen molar-refractivity contribution in [1.82, 2.24) is 0 Å². The van der Waals surface area contributed by atoms with E-state index in [1.807, 2.05) is 6.26 Å². The molecule has 1 aromatic rings. The van der Waals surface area contributed by atoms with Crippen LogP contribution in [0.25, 0.3) is 0 Å². The largest absolute Gasteiger partial charge is 0.366 e. The number of anilines is 1. The molecule has 104 valence electrons. The minimum atomic E-state index is -0.525. The van der Waals surface area contributed by atoms with E-state index in [0.29, 0.717) is 17.7 Å². The van der Waals surface area contributed by atoms with Crippen LogP contribution in [-0.2, 0) is 4.79 Å². The molecule has 0 aliphatic carbocycles. The van der Waals surface area contributed by atoms with Crippen molar-refractivity contribution in [2.75, 3.05) is 17.3 Å². The summed E-state index contributed by atoms with van der Waals surface area (Å²) in [7, 11) is 0. The van der Waals surface area contributed by atoms with Crippen LogP contribution in [0.2, 0.25) is 0 Å². The van der Waals surface area contributed by atoms with Gasteiger partial charge in [0.15, 0.2) is 0 Å². The molecule has 6 heteroatoms. The van der Waals surface area contributed by atoms with E-state index in [9.17, 15) is 9.59 Å². The number of amides is 2. The van der Waals surface area contributed by atoms with Crippen LogP contribution in [0.4, 0.5) is 5.69 Å². The highest BCUT2D eigenvalue weighted by atomic mass is 32.2. The second kappa shape index (κ2) is 7.16. The van der Waals surface area contributed by atoms with E-state index in [4.69, 9.17) is 11.5 Å². The lowest BCUT2D eigenvalue weighted by Gasteiger charge is -2.13. The highest BCUT2D eigenvalue weighted by Crippen LogP contribution is 2.16. The van der Waals surface area contributed by atoms with Crippen molar-refractivity contribution in [2.45, 2.75) is 19.4 Å². The second-order valence-electron chi connectivity index (χ2n) is 4.27. The standard InChI is InChI=1S/C13H19N3O2S/c1-8-7-9(12(15)17)3-4-11(8)16-13(18)10(14)5-6-19-2/h3-4,7,10H,5-6,14H2,1-2H3,(H2,15,17)(H,16,18)/t10-/m0/s1. The lowest BCUT2D eigenvalue weighted by atomic mass is 10.1. The molecule has 0 unspecified atom stereocenters. The van der Waals surface area contributed by atoms with E-state index < -0.39 is 11.9 Å². The molecule has 1 aromatic carbocycles. The van der Waals surface area contributed by atoms with Crippen molar-refractivity contribution in [3.05, 3.63) is 29.3 Å². The Morgan fingerprint density at radius 2 is 2.11 bits per heavy atom. The first-order chi connectivity index (χ1) is 8.95. The zero-order valence-electron chi connectivity index (χ0n) is 11.1. The Balaban J connectivity index is 2.72. The lowest BCUT2D eigenvalue weighted by Crippen LogP contribution is -2.36. The van der Waals surface area contributed by atoms with Crippen LogP contribution < -0.4 is 16.8 Å². The van der Waals surface area contributed by atoms with Crippen molar-refractivity contribution < 1.29 is 9.59 Å². The van der Waals surface area contributed by atoms with Crippen molar-refractivity contribution in [1.29, 1.82) is 0 Å². The van der Waals surface area contributed by atoms with Gasteiger partial charge in [0.2, 0.25) is 11.8 Å². The molecule has 0 saturated carbocycles. The van der Waals surface area contributed by atoms with Gasteiger partial charge in [0.05, 0.1) is 6.04 Å². The van der Waals surface area contributed by atoms with E-state index in [1.165, 1.54) is 0 Å². The van der Waals surface area contributed by atoms with Crippen LogP contribution in [0.1, 0.15) is 22.3 Å². The fourth-order valence-corrected chi connectivity index (χ4v) is 2.05. The van der Waals surface area contributed by atoms with Gasteiger partial charge in [0.25, 0.3) is 0 Å². The summed E-state index contributed by atoms with van der Waals surface area (Å²) in [5.74, 6) is 0.135. The van der Waals surface area contributed by atoms with Gasteiger partial charge in [0.1, 0.15) is 0 Å². The van der Waals surface area contributed by atoms with Gasteiger partial charge in [-0.25, -0.2) is 0 Å². The molecule has 0 aromatic heterocycles. The van der Waals surface area contributed by atoms with E-state index in [-0.39, 0.29) is 5.91 Å². The maximum atomic E-state index is 11.9. The average Bonchev–Trinajstić information content (AvgIpc) is 2.37. The summed E-state index contributed by atoms with van der Waals surface area (Å²) in [4.78, 5) is 22.9. The average molecular weight is 281 g/mol. The van der Waals surface area contributed by atoms with Gasteiger partial charge in [0, 0.05) is 11.3 Å². The van der Waals surface area contributed by atoms with Crippen molar-refractivity contribution in [3.8, 4) is 0 Å². The molecule has 0 spiro atoms. The van der Waals surface area contributed by atoms with Gasteiger partial charge in [-0.3, -0.25) is 9.59 Å². The quantitative estimate of drug-likeness (QED) is 0.727. The number of thioether (sulfide) groups is 1. The summed E-state index contributed by atoms with van der Waals surface area (Å²) in [6, 6.07) is 4.36. The highest BCUT2D eigenvalue weighted by molar-refractivity contribution is 7.98. The minimum Gasteiger partial charge on any atom is -0.366 e. The van der Waals surface area contributed by atoms with Gasteiger partial charge in [-0.05, 0) is 49.1 Å². The van der Waals surface area contributed by atoms with Crippen molar-refractivity contribution in [2.24, 2.45) is 11.5 Å². The number of carbonyl (C=O) groups is 2. The predicted octanol–water partition coefficient (Wildman–Crippen LogP) is 1.11. The molecule has 0 aliphatic rings. The SMILES string of the molecule is CSCC[C@H](N)C(=O)Nc1ccc(C(N)=O)cc1C. The highest BCUT2D eigenvalue weighted by Gasteiger charge is 2.14. The van der Waals surface area contributed by atoms with Crippen LogP contribution in [0, 0.1) is 6.92 Å². The van der Waals surface area contributed by atoms with Crippen LogP contribution in [0.3, 0.4) is 0 Å². The number of aryl methyl sites for hydroxylation is 1. The minimum absolute atomic E-state index is 0.219. The van der Waals surface area contributed by atoms with Crippen LogP contribution in [0.5, 0.6) is 0 Å². The summed E-state index contributed by atoms with van der Waals surface area (Å²) >= 11 is 1.65. The smallest absolute Gasteiger partial charge is 0.248 e. The van der Waals surface area contributed by atoms with E-state index in [2.05, 4.69) is 5.32 Å². The number of hydrogen-bond donors (Lipinski definition) is 3. The lowest BCUT2D eigenvalue weighted by molar-refractivity contribution is -0.117. The molecule has 5 N–H and O–H groups in total. The molecule has 0 radical (unpaired) electrons. The predicted molar refractivity (Wildman–Crippen MR) is 79.3 cm³/mol. The molecule has 0 saturated heterocycles. The van der Waals surface area contributed by atoms with Crippen LogP contribution >= 0.6 is 11.8 Å². The molecule has 0 heterocycles. The summed E-state index contributed by atoms with van der Waals surface area (Å²) in [5.41, 5.74) is 12.8. The third-order valence-electron chi connectivity index (χ3n) is 2.74. The third kappa shape index (κ3) is 4.57. The number of hydrogen-bond acceptors (Lipinski definition) is 4. The van der Waals surface area contributed by atoms with E-state index in [0.717, 1.165) is 11.3 Å². The first-order valence-electron chi connectivity index (χ1n) is 5.91. The monoisotopic (exact) mass is 281 g/mol. The Labute approximate surface area is 117 Å². The first-order valence-corrected chi connectivity index (χ1v) is 7.31. The Morgan fingerprint density at radius 1 is 1.42 bits per heavy atom. The second-order valence-corrected chi connectivity index (χ2v) is 5.26. The summed E-state index contributed by atoms with van der Waals surface area (Å²) in [6.45, 7) is 1.80. The van der Waals surface area contributed by atoms with Crippen LogP contribution in [0.15, 0.2) is 18.2 Å². The van der Waals surface area contributed by atoms with Gasteiger partial charge in [-0.1, -0.05) is 0 Å². The van der Waals surface area contributed by atoms with E-state index >= 15 is 0 Å². The fraction of sp³-hybridized carbons (Fsp3) is 0.385. The molecule has 1 rings (SSSR count). The molecule has 0 aliphatic heterocycles. The molecule has 5 nitrogen and oxygen atoms in total. The first kappa shape index (κ1) is 15.5. The number of rotatable bonds is 6. The third-order valence-corrected chi connectivity index (χ3v) is 3.38. The molecule has 1 atom stereocenters. The molecule has 0 bridgehead atoms. The van der Waals surface area contributed by atoms with E-state index in [1.54, 1.807) is 36.9 Å². The maximum absolute atomic E-state index is 11.9. The summed E-state index contributed by atoms with van der Waals surface area (Å²) < 4.78 is 0. The number of carbonyl (C=O) groups excluding carboxylic acids is 2. The number of primary amides is 1. The Morgan fingerprint density at radius 3 is 2.63 bits per heavy atom. The van der Waals surface area contributed by atoms with Gasteiger partial charge < -0.3 is 16.8 Å². The summed E-state index contributed by atoms with van der Waals surface area (Å²) in [5, 5.41) is 2.76. The fourth-order valence-electron chi connectivity index (χ4n) is 1.56. The molecular formula is C13H19N3O2S. The Bertz CT molecular complexity index is 477. The topological polar surface area (TPSA) is 98.2 Å². The maximum Gasteiger partial charge on any atom is 0.248 e. The number of benzene rings is 1. The molecule has 19 heavy (non-hydrogen) atoms. The normalized spacial score (nSPS) is 11.9. The number of nitrogens with one attached hydrogen (secondary N) is 1. The van der Waals surface area contributed by atoms with Gasteiger partial charge in [-0.2, -0.15) is 11.8 Å².